The van der Waals surface area contributed by atoms with Crippen molar-refractivity contribution in [3.8, 4) is 0 Å². The molecule has 1 aliphatic heterocycles. The van der Waals surface area contributed by atoms with E-state index in [2.05, 4.69) is 36.6 Å². The lowest BCUT2D eigenvalue weighted by Crippen LogP contribution is -2.32. The van der Waals surface area contributed by atoms with Crippen LogP contribution in [0.4, 0.5) is 15.9 Å². The molecule has 1 fully saturated rings. The zero-order valence-corrected chi connectivity index (χ0v) is 15.8. The van der Waals surface area contributed by atoms with Gasteiger partial charge in [0.25, 0.3) is 0 Å². The van der Waals surface area contributed by atoms with Crippen LogP contribution in [-0.2, 0) is 9.73 Å². The van der Waals surface area contributed by atoms with E-state index in [1.165, 1.54) is 18.2 Å². The number of hydrogen-bond acceptors (Lipinski definition) is 8. The summed E-state index contributed by atoms with van der Waals surface area (Å²) in [6, 6.07) is 4.07. The van der Waals surface area contributed by atoms with Gasteiger partial charge in [0, 0.05) is 27.3 Å². The molecule has 0 saturated carbocycles. The molecule has 1 aromatic heterocycles. The Morgan fingerprint density at radius 3 is 2.81 bits per heavy atom. The van der Waals surface area contributed by atoms with E-state index in [1.807, 2.05) is 5.48 Å². The minimum Gasteiger partial charge on any atom is -0.362 e. The lowest BCUT2D eigenvalue weighted by atomic mass is 10.1. The third-order valence-corrected chi connectivity index (χ3v) is 6.29. The number of hydrogen-bond donors (Lipinski definition) is 4. The lowest BCUT2D eigenvalue weighted by Gasteiger charge is -2.24. The second kappa shape index (κ2) is 7.68. The Morgan fingerprint density at radius 2 is 2.15 bits per heavy atom. The van der Waals surface area contributed by atoms with E-state index in [4.69, 9.17) is 9.41 Å². The van der Waals surface area contributed by atoms with Crippen LogP contribution >= 0.6 is 15.9 Å². The number of aliphatic imine (C=N–C) groups is 1. The number of nitrogens with one attached hydrogen (secondary N) is 3. The average molecular weight is 447 g/mol. The number of hydroxylamine groups is 1. The van der Waals surface area contributed by atoms with Crippen LogP contribution < -0.4 is 10.8 Å². The van der Waals surface area contributed by atoms with E-state index in [-0.39, 0.29) is 27.9 Å². The Hall–Kier alpha value is -2.05. The van der Waals surface area contributed by atoms with Crippen LogP contribution in [0.3, 0.4) is 0 Å². The lowest BCUT2D eigenvalue weighted by molar-refractivity contribution is 0.234. The van der Waals surface area contributed by atoms with Gasteiger partial charge >= 0.3 is 0 Å². The Bertz CT molecular complexity index is 919. The summed E-state index contributed by atoms with van der Waals surface area (Å²) in [4.78, 5) is 4.18. The molecule has 0 radical (unpaired) electrons. The predicted molar refractivity (Wildman–Crippen MR) is 96.8 cm³/mol. The Morgan fingerprint density at radius 1 is 1.42 bits per heavy atom. The third kappa shape index (κ3) is 4.37. The predicted octanol–water partition coefficient (Wildman–Crippen LogP) is 2.65. The average Bonchev–Trinajstić information content (AvgIpc) is 3.06. The molecule has 1 aliphatic rings. The highest BCUT2D eigenvalue weighted by Gasteiger charge is 2.24. The topological polar surface area (TPSA) is 136 Å². The first-order valence-electron chi connectivity index (χ1n) is 7.65. The van der Waals surface area contributed by atoms with Crippen molar-refractivity contribution < 1.29 is 18.4 Å². The highest BCUT2D eigenvalue weighted by Crippen LogP contribution is 2.24. The second-order valence-corrected chi connectivity index (χ2v) is 9.07. The van der Waals surface area contributed by atoms with Gasteiger partial charge in [0.15, 0.2) is 11.5 Å². The van der Waals surface area contributed by atoms with Gasteiger partial charge in [-0.05, 0) is 57.3 Å². The molecule has 0 amide bonds. The quantitative estimate of drug-likeness (QED) is 0.321. The normalized spacial score (nSPS) is 23.7. The molecule has 26 heavy (non-hydrogen) atoms. The van der Waals surface area contributed by atoms with Crippen LogP contribution in [0.2, 0.25) is 0 Å². The number of amidine groups is 1. The molecule has 0 atom stereocenters. The van der Waals surface area contributed by atoms with Gasteiger partial charge in [0.2, 0.25) is 5.82 Å². The zero-order chi connectivity index (χ0) is 18.7. The van der Waals surface area contributed by atoms with Crippen molar-refractivity contribution in [2.75, 3.05) is 16.8 Å². The van der Waals surface area contributed by atoms with Crippen molar-refractivity contribution in [3.05, 3.63) is 34.2 Å². The highest BCUT2D eigenvalue weighted by molar-refractivity contribution is 9.10. The maximum Gasteiger partial charge on any atom is 0.202 e. The fourth-order valence-electron chi connectivity index (χ4n) is 2.50. The second-order valence-electron chi connectivity index (χ2n) is 5.77. The molecule has 0 bridgehead atoms. The minimum absolute atomic E-state index is 0.0349. The smallest absolute Gasteiger partial charge is 0.202 e. The van der Waals surface area contributed by atoms with E-state index in [1.54, 1.807) is 0 Å². The summed E-state index contributed by atoms with van der Waals surface area (Å²) in [5.41, 5.74) is 2.45. The molecule has 3 rings (SSSR count). The Kier molecular flexibility index (Phi) is 5.53. The molecule has 12 heteroatoms. The van der Waals surface area contributed by atoms with Gasteiger partial charge in [-0.25, -0.2) is 18.2 Å². The maximum absolute atomic E-state index is 13.3. The van der Waals surface area contributed by atoms with E-state index < -0.39 is 15.5 Å². The zero-order valence-electron chi connectivity index (χ0n) is 13.4. The largest absolute Gasteiger partial charge is 0.362 e. The molecular weight excluding hydrogens is 431 g/mol. The Labute approximate surface area is 157 Å². The van der Waals surface area contributed by atoms with Crippen LogP contribution in [0.5, 0.6) is 0 Å². The summed E-state index contributed by atoms with van der Waals surface area (Å²) in [5.74, 6) is 0.417. The van der Waals surface area contributed by atoms with Crippen LogP contribution in [-0.4, -0.2) is 43.1 Å². The monoisotopic (exact) mass is 446 g/mol. The van der Waals surface area contributed by atoms with Crippen molar-refractivity contribution in [2.24, 2.45) is 4.99 Å². The summed E-state index contributed by atoms with van der Waals surface area (Å²) < 4.78 is 37.6. The molecule has 2 aromatic rings. The van der Waals surface area contributed by atoms with Gasteiger partial charge < -0.3 is 5.32 Å². The van der Waals surface area contributed by atoms with Crippen molar-refractivity contribution in [1.29, 1.82) is 4.78 Å². The Balaban J connectivity index is 1.81. The van der Waals surface area contributed by atoms with Gasteiger partial charge in [0.1, 0.15) is 5.82 Å². The van der Waals surface area contributed by atoms with Gasteiger partial charge in [0.05, 0.1) is 10.2 Å². The first-order valence-corrected chi connectivity index (χ1v) is 10.3. The molecule has 0 aliphatic carbocycles. The first kappa shape index (κ1) is 18.7. The van der Waals surface area contributed by atoms with E-state index >= 15 is 0 Å². The van der Waals surface area contributed by atoms with E-state index in [9.17, 15) is 13.8 Å². The van der Waals surface area contributed by atoms with Crippen LogP contribution in [0.15, 0.2) is 32.3 Å². The van der Waals surface area contributed by atoms with Gasteiger partial charge in [-0.15, -0.1) is 0 Å². The molecule has 9 nitrogen and oxygen atoms in total. The fourth-order valence-corrected chi connectivity index (χ4v) is 4.40. The molecule has 0 spiro atoms. The van der Waals surface area contributed by atoms with Crippen molar-refractivity contribution in [3.63, 3.8) is 0 Å². The van der Waals surface area contributed by atoms with Crippen LogP contribution in [0.25, 0.3) is 0 Å². The SMILES string of the molecule is N=S1(=O)CCC(Nc2nonc2C(=Nc2ccc(F)c(Br)c2)NO)CC1. The van der Waals surface area contributed by atoms with E-state index in [0.717, 1.165) is 0 Å². The standard InChI is InChI=1S/C14H16BrFN6O3S/c15-10-7-9(1-2-11(10)16)19-13(20-23)12-14(22-25-21-12)18-8-3-5-26(17,24)6-4-8/h1-2,7-8,17,23H,3-6H2,(H,18,22)(H,19,20). The van der Waals surface area contributed by atoms with Gasteiger partial charge in [-0.2, -0.15) is 0 Å². The van der Waals surface area contributed by atoms with Crippen LogP contribution in [0, 0.1) is 10.6 Å². The summed E-state index contributed by atoms with van der Waals surface area (Å²) >= 11 is 3.07. The van der Waals surface area contributed by atoms with Crippen molar-refractivity contribution in [2.45, 2.75) is 18.9 Å². The highest BCUT2D eigenvalue weighted by atomic mass is 79.9. The molecule has 4 N–H and O–H groups in total. The first-order chi connectivity index (χ1) is 12.4. The van der Waals surface area contributed by atoms with Gasteiger partial charge in [-0.3, -0.25) is 15.5 Å². The summed E-state index contributed by atoms with van der Waals surface area (Å²) in [5, 5.41) is 20.0. The number of rotatable bonds is 4. The minimum atomic E-state index is -2.48. The molecule has 1 aromatic carbocycles. The number of benzene rings is 1. The third-order valence-electron chi connectivity index (χ3n) is 3.90. The number of anilines is 1. The molecule has 1 saturated heterocycles. The molecule has 0 unspecified atom stereocenters. The number of nitrogens with zero attached hydrogens (tertiary/aromatic N) is 3. The van der Waals surface area contributed by atoms with Crippen molar-refractivity contribution in [1.82, 2.24) is 15.8 Å². The summed E-state index contributed by atoms with van der Waals surface area (Å²) in [7, 11) is -2.48. The molecular formula is C14H16BrFN6O3S. The molecule has 2 heterocycles. The molecule has 140 valence electrons. The number of halogens is 2. The van der Waals surface area contributed by atoms with Gasteiger partial charge in [-0.1, -0.05) is 0 Å². The summed E-state index contributed by atoms with van der Waals surface area (Å²) in [6.07, 6.45) is 1.11. The number of aromatic nitrogens is 2. The maximum atomic E-state index is 13.3. The van der Waals surface area contributed by atoms with Crippen LogP contribution in [0.1, 0.15) is 18.5 Å². The summed E-state index contributed by atoms with van der Waals surface area (Å²) in [6.45, 7) is 0. The fraction of sp³-hybridized carbons (Fsp3) is 0.357. The van der Waals surface area contributed by atoms with Crippen molar-refractivity contribution >= 4 is 43.0 Å². The van der Waals surface area contributed by atoms with E-state index in [0.29, 0.717) is 30.0 Å².